The summed E-state index contributed by atoms with van der Waals surface area (Å²) >= 11 is 5.47. The van der Waals surface area contributed by atoms with Crippen LogP contribution in [0.2, 0.25) is 0 Å². The Morgan fingerprint density at radius 3 is 2.44 bits per heavy atom. The summed E-state index contributed by atoms with van der Waals surface area (Å²) in [5, 5.41) is 31.1. The summed E-state index contributed by atoms with van der Waals surface area (Å²) in [4.78, 5) is 18.1. The van der Waals surface area contributed by atoms with Crippen LogP contribution in [0.5, 0.6) is 0 Å². The van der Waals surface area contributed by atoms with E-state index in [1.54, 1.807) is 33.8 Å². The maximum Gasteiger partial charge on any atom is 0.359 e. The molecule has 1 aliphatic heterocycles. The van der Waals surface area contributed by atoms with Crippen LogP contribution in [0.25, 0.3) is 11.0 Å². The van der Waals surface area contributed by atoms with Gasteiger partial charge in [0, 0.05) is 23.1 Å². The number of pyridine rings is 2. The molecule has 5 N–H and O–H groups in total. The third kappa shape index (κ3) is 5.15. The van der Waals surface area contributed by atoms with Gasteiger partial charge in [-0.2, -0.15) is 0 Å². The molecule has 34 heavy (non-hydrogen) atoms. The number of hydrogen-bond acceptors (Lipinski definition) is 8. The normalized spacial score (nSPS) is 27.0. The smallest absolute Gasteiger partial charge is 0.359 e. The molecule has 0 radical (unpaired) electrons. The minimum atomic E-state index is -4.43. The topological polar surface area (TPSA) is 145 Å². The highest BCUT2D eigenvalue weighted by atomic mass is 32.1. The van der Waals surface area contributed by atoms with Gasteiger partial charge in [0.25, 0.3) is 0 Å². The summed E-state index contributed by atoms with van der Waals surface area (Å²) in [6.07, 6.45) is -3.88. The molecule has 2 aromatic heterocycles. The van der Waals surface area contributed by atoms with Gasteiger partial charge in [-0.05, 0) is 51.3 Å². The van der Waals surface area contributed by atoms with E-state index in [0.29, 0.717) is 22.3 Å². The highest BCUT2D eigenvalue weighted by Crippen LogP contribution is 2.60. The van der Waals surface area contributed by atoms with Crippen molar-refractivity contribution < 1.29 is 34.0 Å². The zero-order valence-corrected chi connectivity index (χ0v) is 21.9. The quantitative estimate of drug-likeness (QED) is 0.247. The Hall–Kier alpha value is -1.23. The lowest BCUT2D eigenvalue weighted by Gasteiger charge is -2.38. The predicted octanol–water partition coefficient (Wildman–Crippen LogP) is 4.03. The van der Waals surface area contributed by atoms with Crippen LogP contribution in [-0.2, 0) is 13.8 Å². The van der Waals surface area contributed by atoms with Crippen LogP contribution < -0.4 is 0 Å². The maximum atomic E-state index is 13.0. The van der Waals surface area contributed by atoms with Gasteiger partial charge in [-0.15, -0.1) is 0 Å². The molecule has 0 saturated carbocycles. The molecule has 1 saturated heterocycles. The molecule has 2 aromatic rings. The van der Waals surface area contributed by atoms with Gasteiger partial charge >= 0.3 is 7.60 Å². The number of nitrogens with one attached hydrogen (secondary N) is 1. The Bertz CT molecular complexity index is 1140. The number of hydrogen-bond donors (Lipinski definition) is 5. The molecular formula is C23H35N2O7PS. The van der Waals surface area contributed by atoms with Crippen LogP contribution in [0.4, 0.5) is 0 Å². The first-order valence-electron chi connectivity index (χ1n) is 11.6. The standard InChI is InChI=1S/C23H35N2O7PS/c1-6-22(5,32-33(29,30)23(28,7-2)8-3)12-16-17(26)18(27)19(31-16)15-11-14-10-9-13(4)24-20(14)25-21(15)34/h9-11,16-19,26-28H,6-8,12H2,1-5H3,(H,29,30)(H,24,25,34). The van der Waals surface area contributed by atoms with Gasteiger partial charge in [-0.25, -0.2) is 4.98 Å². The number of ether oxygens (including phenoxy) is 1. The van der Waals surface area contributed by atoms with Crippen LogP contribution in [0.15, 0.2) is 18.2 Å². The van der Waals surface area contributed by atoms with Gasteiger partial charge in [0.15, 0.2) is 5.34 Å². The van der Waals surface area contributed by atoms with Crippen LogP contribution in [0.1, 0.15) is 70.7 Å². The molecule has 0 amide bonds. The Balaban J connectivity index is 1.86. The predicted molar refractivity (Wildman–Crippen MR) is 131 cm³/mol. The number of nitrogens with zero attached hydrogens (tertiary/aromatic N) is 1. The first-order chi connectivity index (χ1) is 15.8. The zero-order chi connectivity index (χ0) is 25.5. The number of H-pyrrole nitrogens is 1. The second-order valence-electron chi connectivity index (χ2n) is 9.33. The van der Waals surface area contributed by atoms with Crippen LogP contribution in [0.3, 0.4) is 0 Å². The fourth-order valence-electron chi connectivity index (χ4n) is 4.29. The fraction of sp³-hybridized carbons (Fsp3) is 0.652. The van der Waals surface area contributed by atoms with E-state index < -0.39 is 43.0 Å². The van der Waals surface area contributed by atoms with Crippen LogP contribution in [-0.4, -0.2) is 59.4 Å². The molecule has 1 fully saturated rings. The lowest BCUT2D eigenvalue weighted by atomic mass is 9.92. The zero-order valence-electron chi connectivity index (χ0n) is 20.2. The van der Waals surface area contributed by atoms with E-state index in [1.165, 1.54) is 0 Å². The van der Waals surface area contributed by atoms with Gasteiger partial charge in [-0.1, -0.05) is 33.0 Å². The Morgan fingerprint density at radius 1 is 1.21 bits per heavy atom. The van der Waals surface area contributed by atoms with E-state index >= 15 is 0 Å². The van der Waals surface area contributed by atoms with Crippen molar-refractivity contribution in [1.82, 2.24) is 9.97 Å². The molecule has 6 atom stereocenters. The summed E-state index contributed by atoms with van der Waals surface area (Å²) in [6.45, 7) is 8.52. The first-order valence-corrected chi connectivity index (χ1v) is 13.6. The van der Waals surface area contributed by atoms with Gasteiger partial charge in [0.2, 0.25) is 0 Å². The summed E-state index contributed by atoms with van der Waals surface area (Å²) < 4.78 is 25.0. The van der Waals surface area contributed by atoms with Gasteiger partial charge in [0.1, 0.15) is 28.6 Å². The van der Waals surface area contributed by atoms with Gasteiger partial charge in [0.05, 0.1) is 11.7 Å². The molecule has 0 spiro atoms. The number of aromatic amines is 1. The molecular weight excluding hydrogens is 479 g/mol. The number of rotatable bonds is 9. The van der Waals surface area contributed by atoms with Crippen molar-refractivity contribution >= 4 is 30.8 Å². The monoisotopic (exact) mass is 514 g/mol. The molecule has 1 aliphatic rings. The average Bonchev–Trinajstić information content (AvgIpc) is 3.05. The fourth-order valence-corrected chi connectivity index (χ4v) is 6.33. The van der Waals surface area contributed by atoms with Crippen molar-refractivity contribution in [2.75, 3.05) is 0 Å². The molecule has 11 heteroatoms. The van der Waals surface area contributed by atoms with Crippen molar-refractivity contribution in [1.29, 1.82) is 0 Å². The lowest BCUT2D eigenvalue weighted by molar-refractivity contribution is -0.0544. The Labute approximate surface area is 204 Å². The minimum absolute atomic E-state index is 0.0249. The number of aliphatic hydroxyl groups is 3. The largest absolute Gasteiger partial charge is 0.388 e. The summed E-state index contributed by atoms with van der Waals surface area (Å²) in [5.74, 6) is 0. The van der Waals surface area contributed by atoms with Crippen molar-refractivity contribution in [3.05, 3.63) is 34.1 Å². The molecule has 190 valence electrons. The lowest BCUT2D eigenvalue weighted by Crippen LogP contribution is -2.40. The molecule has 6 unspecified atom stereocenters. The number of fused-ring (bicyclic) bond motifs is 1. The summed E-state index contributed by atoms with van der Waals surface area (Å²) in [7, 11) is -4.43. The first kappa shape index (κ1) is 27.4. The maximum absolute atomic E-state index is 13.0. The molecule has 0 aliphatic carbocycles. The van der Waals surface area contributed by atoms with Crippen molar-refractivity contribution in [3.8, 4) is 0 Å². The van der Waals surface area contributed by atoms with Crippen LogP contribution >= 0.6 is 19.8 Å². The van der Waals surface area contributed by atoms with E-state index in [-0.39, 0.29) is 19.3 Å². The molecule has 3 rings (SSSR count). The van der Waals surface area contributed by atoms with E-state index in [9.17, 15) is 24.8 Å². The van der Waals surface area contributed by atoms with E-state index in [2.05, 4.69) is 9.97 Å². The third-order valence-corrected chi connectivity index (χ3v) is 9.63. The van der Waals surface area contributed by atoms with E-state index in [4.69, 9.17) is 21.5 Å². The van der Waals surface area contributed by atoms with Gasteiger partial charge in [-0.3, -0.25) is 4.57 Å². The van der Waals surface area contributed by atoms with Crippen molar-refractivity contribution in [2.24, 2.45) is 0 Å². The van der Waals surface area contributed by atoms with E-state index in [1.807, 2.05) is 19.1 Å². The van der Waals surface area contributed by atoms with Crippen LogP contribution in [0, 0.1) is 11.6 Å². The summed E-state index contributed by atoms with van der Waals surface area (Å²) in [5.41, 5.74) is 0.761. The average molecular weight is 515 g/mol. The molecule has 3 heterocycles. The second kappa shape index (κ2) is 10.0. The van der Waals surface area contributed by atoms with Crippen molar-refractivity contribution in [3.63, 3.8) is 0 Å². The Kier molecular flexibility index (Phi) is 8.07. The molecule has 0 aromatic carbocycles. The van der Waals surface area contributed by atoms with Crippen molar-refractivity contribution in [2.45, 2.75) is 95.7 Å². The molecule has 9 nitrogen and oxygen atoms in total. The second-order valence-corrected chi connectivity index (χ2v) is 11.8. The van der Waals surface area contributed by atoms with E-state index in [0.717, 1.165) is 11.1 Å². The third-order valence-electron chi connectivity index (χ3n) is 6.92. The highest BCUT2D eigenvalue weighted by molar-refractivity contribution is 7.71. The Morgan fingerprint density at radius 2 is 1.85 bits per heavy atom. The number of aliphatic hydroxyl groups excluding tert-OH is 2. The number of aromatic nitrogens is 2. The minimum Gasteiger partial charge on any atom is -0.388 e. The highest BCUT2D eigenvalue weighted by Gasteiger charge is 2.51. The SMILES string of the molecule is CCC(C)(CC1OC(c2cc3ccc(C)nc3[nH]c2=S)C(O)C1O)OP(=O)(O)C(O)(CC)CC. The molecule has 0 bridgehead atoms. The summed E-state index contributed by atoms with van der Waals surface area (Å²) in [6, 6.07) is 5.52. The van der Waals surface area contributed by atoms with Gasteiger partial charge < -0.3 is 34.5 Å². The number of aryl methyl sites for hydroxylation is 1.